The summed E-state index contributed by atoms with van der Waals surface area (Å²) in [5.74, 6) is 0.0437. The van der Waals surface area contributed by atoms with Gasteiger partial charge in [0.05, 0.1) is 5.56 Å². The Hall–Kier alpha value is -2.49. The molecule has 22 heavy (non-hydrogen) atoms. The van der Waals surface area contributed by atoms with Gasteiger partial charge in [-0.3, -0.25) is 0 Å². The van der Waals surface area contributed by atoms with Crippen molar-refractivity contribution in [2.75, 3.05) is 5.32 Å². The second-order valence-corrected chi connectivity index (χ2v) is 6.22. The highest BCUT2D eigenvalue weighted by Crippen LogP contribution is 2.35. The number of benzene rings is 2. The first-order chi connectivity index (χ1) is 10.4. The Labute approximate surface area is 129 Å². The molecule has 0 saturated carbocycles. The predicted molar refractivity (Wildman–Crippen MR) is 85.6 cm³/mol. The second kappa shape index (κ2) is 5.37. The number of ether oxygens (including phenoxy) is 1. The topological polar surface area (TPSA) is 58.6 Å². The van der Waals surface area contributed by atoms with Gasteiger partial charge in [-0.1, -0.05) is 18.2 Å². The molecular formula is C18H19NO3. The molecule has 2 aromatic rings. The van der Waals surface area contributed by atoms with Gasteiger partial charge in [0, 0.05) is 18.7 Å². The molecule has 2 N–H and O–H groups in total. The van der Waals surface area contributed by atoms with E-state index in [0.717, 1.165) is 23.4 Å². The van der Waals surface area contributed by atoms with E-state index in [2.05, 4.69) is 25.2 Å². The van der Waals surface area contributed by atoms with Crippen LogP contribution < -0.4 is 10.1 Å². The molecule has 0 aromatic heterocycles. The molecule has 0 spiro atoms. The van der Waals surface area contributed by atoms with E-state index in [1.54, 1.807) is 18.2 Å². The van der Waals surface area contributed by atoms with Crippen LogP contribution in [0, 0.1) is 0 Å². The van der Waals surface area contributed by atoms with Gasteiger partial charge in [0.15, 0.2) is 0 Å². The van der Waals surface area contributed by atoms with E-state index in [1.165, 1.54) is 5.56 Å². The Balaban J connectivity index is 1.70. The number of rotatable bonds is 4. The van der Waals surface area contributed by atoms with Crippen LogP contribution in [0.1, 0.15) is 35.3 Å². The van der Waals surface area contributed by atoms with E-state index in [0.29, 0.717) is 6.54 Å². The zero-order valence-corrected chi connectivity index (χ0v) is 12.7. The molecule has 0 saturated heterocycles. The summed E-state index contributed by atoms with van der Waals surface area (Å²) < 4.78 is 5.87. The second-order valence-electron chi connectivity index (χ2n) is 6.22. The van der Waals surface area contributed by atoms with E-state index >= 15 is 0 Å². The number of carboxylic acid groups (broad SMARTS) is 1. The van der Waals surface area contributed by atoms with Crippen molar-refractivity contribution in [1.82, 2.24) is 0 Å². The van der Waals surface area contributed by atoms with Crippen molar-refractivity contribution in [3.63, 3.8) is 0 Å². The maximum atomic E-state index is 11.0. The molecule has 0 amide bonds. The highest BCUT2D eigenvalue weighted by molar-refractivity contribution is 5.88. The van der Waals surface area contributed by atoms with Crippen molar-refractivity contribution >= 4 is 11.7 Å². The van der Waals surface area contributed by atoms with Crippen LogP contribution in [0.5, 0.6) is 5.75 Å². The number of carbonyl (C=O) groups is 1. The summed E-state index contributed by atoms with van der Waals surface area (Å²) in [5.41, 5.74) is 3.33. The third-order valence-corrected chi connectivity index (χ3v) is 3.73. The molecule has 2 aromatic carbocycles. The number of hydrogen-bond acceptors (Lipinski definition) is 3. The Kier molecular flexibility index (Phi) is 3.53. The van der Waals surface area contributed by atoms with Gasteiger partial charge in [0.25, 0.3) is 0 Å². The van der Waals surface area contributed by atoms with Crippen LogP contribution in [0.15, 0.2) is 42.5 Å². The standard InChI is InChI=1S/C18H19NO3/c1-18(2)10-14-8-12(6-7-16(14)22-18)11-19-15-5-3-4-13(9-15)17(20)21/h3-9,19H,10-11H2,1-2H3,(H,20,21). The monoisotopic (exact) mass is 297 g/mol. The van der Waals surface area contributed by atoms with E-state index in [1.807, 2.05) is 18.2 Å². The highest BCUT2D eigenvalue weighted by atomic mass is 16.5. The van der Waals surface area contributed by atoms with Gasteiger partial charge < -0.3 is 15.2 Å². The zero-order valence-electron chi connectivity index (χ0n) is 12.7. The average molecular weight is 297 g/mol. The third kappa shape index (κ3) is 3.06. The van der Waals surface area contributed by atoms with Crippen LogP contribution in [0.3, 0.4) is 0 Å². The smallest absolute Gasteiger partial charge is 0.335 e. The molecule has 0 fully saturated rings. The van der Waals surface area contributed by atoms with E-state index < -0.39 is 5.97 Å². The minimum atomic E-state index is -0.916. The largest absolute Gasteiger partial charge is 0.487 e. The first-order valence-electron chi connectivity index (χ1n) is 7.31. The van der Waals surface area contributed by atoms with Gasteiger partial charge in [0.2, 0.25) is 0 Å². The predicted octanol–water partition coefficient (Wildman–Crippen LogP) is 3.71. The molecule has 1 aliphatic heterocycles. The average Bonchev–Trinajstić information content (AvgIpc) is 2.78. The van der Waals surface area contributed by atoms with Crippen molar-refractivity contribution in [1.29, 1.82) is 0 Å². The summed E-state index contributed by atoms with van der Waals surface area (Å²) in [5, 5.41) is 12.3. The summed E-state index contributed by atoms with van der Waals surface area (Å²) >= 11 is 0. The quantitative estimate of drug-likeness (QED) is 0.903. The summed E-state index contributed by atoms with van der Waals surface area (Å²) in [6.07, 6.45) is 0.907. The van der Waals surface area contributed by atoms with Gasteiger partial charge in [-0.15, -0.1) is 0 Å². The van der Waals surface area contributed by atoms with Crippen molar-refractivity contribution < 1.29 is 14.6 Å². The summed E-state index contributed by atoms with van der Waals surface area (Å²) in [4.78, 5) is 11.0. The minimum Gasteiger partial charge on any atom is -0.487 e. The summed E-state index contributed by atoms with van der Waals surface area (Å²) in [6, 6.07) is 13.0. The summed E-state index contributed by atoms with van der Waals surface area (Å²) in [7, 11) is 0. The van der Waals surface area contributed by atoms with Crippen LogP contribution in [-0.4, -0.2) is 16.7 Å². The number of aromatic carboxylic acids is 1. The maximum Gasteiger partial charge on any atom is 0.335 e. The van der Waals surface area contributed by atoms with E-state index in [4.69, 9.17) is 9.84 Å². The van der Waals surface area contributed by atoms with E-state index in [-0.39, 0.29) is 11.2 Å². The van der Waals surface area contributed by atoms with Gasteiger partial charge >= 0.3 is 5.97 Å². The highest BCUT2D eigenvalue weighted by Gasteiger charge is 2.29. The lowest BCUT2D eigenvalue weighted by atomic mass is 10.0. The Bertz CT molecular complexity index is 722. The van der Waals surface area contributed by atoms with Crippen LogP contribution in [0.2, 0.25) is 0 Å². The normalized spacial score (nSPS) is 15.0. The molecule has 114 valence electrons. The molecule has 0 unspecified atom stereocenters. The molecule has 0 atom stereocenters. The SMILES string of the molecule is CC1(C)Cc2cc(CNc3cccc(C(=O)O)c3)ccc2O1. The van der Waals surface area contributed by atoms with Gasteiger partial charge in [-0.25, -0.2) is 4.79 Å². The minimum absolute atomic E-state index is 0.135. The van der Waals surface area contributed by atoms with Crippen LogP contribution in [0.4, 0.5) is 5.69 Å². The third-order valence-electron chi connectivity index (χ3n) is 3.73. The van der Waals surface area contributed by atoms with Crippen molar-refractivity contribution in [3.05, 3.63) is 59.2 Å². The fraction of sp³-hybridized carbons (Fsp3) is 0.278. The maximum absolute atomic E-state index is 11.0. The molecule has 4 heteroatoms. The Morgan fingerprint density at radius 3 is 2.86 bits per heavy atom. The fourth-order valence-electron chi connectivity index (χ4n) is 2.74. The van der Waals surface area contributed by atoms with Crippen LogP contribution >= 0.6 is 0 Å². The van der Waals surface area contributed by atoms with Crippen molar-refractivity contribution in [2.45, 2.75) is 32.4 Å². The fourth-order valence-corrected chi connectivity index (χ4v) is 2.74. The number of nitrogens with one attached hydrogen (secondary N) is 1. The number of fused-ring (bicyclic) bond motifs is 1. The molecule has 0 aliphatic carbocycles. The molecule has 0 radical (unpaired) electrons. The molecular weight excluding hydrogens is 278 g/mol. The van der Waals surface area contributed by atoms with Crippen molar-refractivity contribution in [2.24, 2.45) is 0 Å². The number of carboxylic acids is 1. The lowest BCUT2D eigenvalue weighted by Crippen LogP contribution is -2.24. The first-order valence-corrected chi connectivity index (χ1v) is 7.31. The van der Waals surface area contributed by atoms with Crippen LogP contribution in [0.25, 0.3) is 0 Å². The zero-order chi connectivity index (χ0) is 15.7. The Morgan fingerprint density at radius 1 is 1.27 bits per heavy atom. The molecule has 1 aliphatic rings. The van der Waals surface area contributed by atoms with E-state index in [9.17, 15) is 4.79 Å². The number of hydrogen-bond donors (Lipinski definition) is 2. The number of anilines is 1. The lowest BCUT2D eigenvalue weighted by Gasteiger charge is -2.16. The molecule has 3 rings (SSSR count). The molecule has 0 bridgehead atoms. The molecule has 4 nitrogen and oxygen atoms in total. The molecule has 1 heterocycles. The Morgan fingerprint density at radius 2 is 2.09 bits per heavy atom. The summed E-state index contributed by atoms with van der Waals surface area (Å²) in [6.45, 7) is 4.82. The van der Waals surface area contributed by atoms with Crippen LogP contribution in [-0.2, 0) is 13.0 Å². The van der Waals surface area contributed by atoms with Gasteiger partial charge in [-0.05, 0) is 49.2 Å². The lowest BCUT2D eigenvalue weighted by molar-refractivity contribution is 0.0697. The first kappa shape index (κ1) is 14.4. The van der Waals surface area contributed by atoms with Gasteiger partial charge in [-0.2, -0.15) is 0 Å². The van der Waals surface area contributed by atoms with Gasteiger partial charge in [0.1, 0.15) is 11.4 Å². The van der Waals surface area contributed by atoms with Crippen molar-refractivity contribution in [3.8, 4) is 5.75 Å².